The van der Waals surface area contributed by atoms with Gasteiger partial charge in [-0.3, -0.25) is 9.38 Å². The van der Waals surface area contributed by atoms with Gasteiger partial charge in [0.2, 0.25) is 0 Å². The van der Waals surface area contributed by atoms with E-state index in [-0.39, 0.29) is 6.42 Å². The van der Waals surface area contributed by atoms with E-state index in [0.29, 0.717) is 0 Å². The fraction of sp³-hybridized carbons (Fsp3) is 0.150. The lowest BCUT2D eigenvalue weighted by Gasteiger charge is -2.08. The molecule has 0 aliphatic rings. The predicted octanol–water partition coefficient (Wildman–Crippen LogP) is 4.51. The van der Waals surface area contributed by atoms with Gasteiger partial charge >= 0.3 is 0 Å². The molecule has 0 radical (unpaired) electrons. The van der Waals surface area contributed by atoms with Crippen molar-refractivity contribution in [3.05, 3.63) is 59.4 Å². The Kier molecular flexibility index (Phi) is 4.15. The first-order valence-electron chi connectivity index (χ1n) is 8.14. The highest BCUT2D eigenvalue weighted by Gasteiger charge is 2.19. The summed E-state index contributed by atoms with van der Waals surface area (Å²) in [6, 6.07) is 12.2. The molecule has 0 unspecified atom stereocenters. The van der Waals surface area contributed by atoms with E-state index in [4.69, 9.17) is 9.72 Å². The molecule has 128 valence electrons. The number of benzene rings is 1. The van der Waals surface area contributed by atoms with Crippen molar-refractivity contribution in [2.24, 2.45) is 0 Å². The largest absolute Gasteiger partial charge is 0.496 e. The summed E-state index contributed by atoms with van der Waals surface area (Å²) in [7, 11) is 1.66. The van der Waals surface area contributed by atoms with E-state index in [1.165, 1.54) is 0 Å². The molecule has 4 aromatic rings. The zero-order valence-electron chi connectivity index (χ0n) is 14.4. The van der Waals surface area contributed by atoms with Crippen LogP contribution in [0.15, 0.2) is 48.1 Å². The maximum absolute atomic E-state index is 9.38. The van der Waals surface area contributed by atoms with Crippen LogP contribution >= 0.6 is 11.3 Å². The van der Waals surface area contributed by atoms with E-state index in [2.05, 4.69) is 26.9 Å². The summed E-state index contributed by atoms with van der Waals surface area (Å²) in [5.74, 6) is 0.840. The Bertz CT molecular complexity index is 1120. The number of imidazole rings is 1. The molecule has 26 heavy (non-hydrogen) atoms. The van der Waals surface area contributed by atoms with Crippen molar-refractivity contribution in [2.75, 3.05) is 7.11 Å². The molecule has 0 bridgehead atoms. The average Bonchev–Trinajstić information content (AvgIpc) is 3.23. The second-order valence-electron chi connectivity index (χ2n) is 5.91. The first-order valence-corrected chi connectivity index (χ1v) is 9.02. The summed E-state index contributed by atoms with van der Waals surface area (Å²) < 4.78 is 7.42. The summed E-state index contributed by atoms with van der Waals surface area (Å²) in [5.41, 5.74) is 5.78. The highest BCUT2D eigenvalue weighted by molar-refractivity contribution is 7.15. The van der Waals surface area contributed by atoms with E-state index in [0.717, 1.165) is 44.5 Å². The summed E-state index contributed by atoms with van der Waals surface area (Å²) in [6.07, 6.45) is 3.86. The lowest BCUT2D eigenvalue weighted by atomic mass is 10.1. The van der Waals surface area contributed by atoms with Crippen molar-refractivity contribution >= 4 is 16.3 Å². The first kappa shape index (κ1) is 16.3. The molecule has 1 aromatic carbocycles. The minimum Gasteiger partial charge on any atom is -0.496 e. The first-order chi connectivity index (χ1) is 12.7. The molecule has 0 saturated carbocycles. The Morgan fingerprint density at radius 1 is 1.27 bits per heavy atom. The molecular weight excluding hydrogens is 344 g/mol. The van der Waals surface area contributed by atoms with Crippen LogP contribution in [0.4, 0.5) is 0 Å². The molecule has 0 atom stereocenters. The standard InChI is InChI=1S/C20H16N4OS/c1-13-10-14(5-6-18(13)25-2)19-16(7-8-21)24-17(12-26-20(24)23-19)15-4-3-9-22-11-15/h3-6,9-12H,7H2,1-2H3. The van der Waals surface area contributed by atoms with Gasteiger partial charge in [-0.05, 0) is 42.8 Å². The highest BCUT2D eigenvalue weighted by atomic mass is 32.1. The Morgan fingerprint density at radius 3 is 2.85 bits per heavy atom. The molecular formula is C20H16N4OS. The number of rotatable bonds is 4. The van der Waals surface area contributed by atoms with Gasteiger partial charge in [0, 0.05) is 28.9 Å². The van der Waals surface area contributed by atoms with E-state index in [1.807, 2.05) is 37.4 Å². The number of ether oxygens (including phenoxy) is 1. The number of thiazole rings is 1. The molecule has 0 fully saturated rings. The summed E-state index contributed by atoms with van der Waals surface area (Å²) in [5, 5.41) is 11.4. The van der Waals surface area contributed by atoms with Crippen molar-refractivity contribution in [1.29, 1.82) is 5.26 Å². The number of methoxy groups -OCH3 is 1. The van der Waals surface area contributed by atoms with Crippen LogP contribution in [0.5, 0.6) is 5.75 Å². The van der Waals surface area contributed by atoms with Crippen molar-refractivity contribution in [1.82, 2.24) is 14.4 Å². The van der Waals surface area contributed by atoms with Crippen molar-refractivity contribution < 1.29 is 4.74 Å². The molecule has 0 saturated heterocycles. The van der Waals surface area contributed by atoms with E-state index >= 15 is 0 Å². The lowest BCUT2D eigenvalue weighted by Crippen LogP contribution is -1.96. The van der Waals surface area contributed by atoms with E-state index in [9.17, 15) is 5.26 Å². The number of nitrogens with zero attached hydrogens (tertiary/aromatic N) is 4. The van der Waals surface area contributed by atoms with Crippen LogP contribution < -0.4 is 4.74 Å². The van der Waals surface area contributed by atoms with Gasteiger partial charge in [0.05, 0.1) is 36.7 Å². The zero-order chi connectivity index (χ0) is 18.1. The SMILES string of the molecule is COc1ccc(-c2nc3scc(-c4cccnc4)n3c2CC#N)cc1C. The maximum atomic E-state index is 9.38. The van der Waals surface area contributed by atoms with Gasteiger partial charge < -0.3 is 4.74 Å². The number of nitriles is 1. The molecule has 0 spiro atoms. The molecule has 6 heteroatoms. The molecule has 0 amide bonds. The van der Waals surface area contributed by atoms with Crippen LogP contribution in [0.1, 0.15) is 11.3 Å². The van der Waals surface area contributed by atoms with Gasteiger partial charge in [0.25, 0.3) is 0 Å². The van der Waals surface area contributed by atoms with E-state index < -0.39 is 0 Å². The smallest absolute Gasteiger partial charge is 0.194 e. The summed E-state index contributed by atoms with van der Waals surface area (Å²) in [4.78, 5) is 9.90. The second-order valence-corrected chi connectivity index (χ2v) is 6.74. The molecule has 0 aliphatic carbocycles. The third-order valence-corrected chi connectivity index (χ3v) is 5.16. The third kappa shape index (κ3) is 2.63. The van der Waals surface area contributed by atoms with Gasteiger partial charge in [0.1, 0.15) is 5.75 Å². The number of hydrogen-bond acceptors (Lipinski definition) is 5. The molecule has 3 heterocycles. The van der Waals surface area contributed by atoms with Crippen LogP contribution in [0, 0.1) is 18.3 Å². The normalized spacial score (nSPS) is 10.8. The molecule has 3 aromatic heterocycles. The fourth-order valence-electron chi connectivity index (χ4n) is 3.13. The van der Waals surface area contributed by atoms with Crippen LogP contribution in [0.25, 0.3) is 27.5 Å². The minimum atomic E-state index is 0.283. The van der Waals surface area contributed by atoms with Crippen LogP contribution in [-0.2, 0) is 6.42 Å². The highest BCUT2D eigenvalue weighted by Crippen LogP contribution is 2.34. The number of fused-ring (bicyclic) bond motifs is 1. The van der Waals surface area contributed by atoms with Gasteiger partial charge in [0.15, 0.2) is 4.96 Å². The molecule has 5 nitrogen and oxygen atoms in total. The number of aromatic nitrogens is 3. The summed E-state index contributed by atoms with van der Waals surface area (Å²) in [6.45, 7) is 2.01. The van der Waals surface area contributed by atoms with Gasteiger partial charge in [-0.1, -0.05) is 0 Å². The zero-order valence-corrected chi connectivity index (χ0v) is 15.2. The van der Waals surface area contributed by atoms with Crippen molar-refractivity contribution in [2.45, 2.75) is 13.3 Å². The quantitative estimate of drug-likeness (QED) is 0.537. The Hall–Kier alpha value is -3.17. The topological polar surface area (TPSA) is 63.2 Å². The Balaban J connectivity index is 1.94. The fourth-order valence-corrected chi connectivity index (χ4v) is 4.04. The Labute approximate surface area is 155 Å². The predicted molar refractivity (Wildman–Crippen MR) is 102 cm³/mol. The van der Waals surface area contributed by atoms with E-state index in [1.54, 1.807) is 24.6 Å². The van der Waals surface area contributed by atoms with Gasteiger partial charge in [-0.25, -0.2) is 4.98 Å². The van der Waals surface area contributed by atoms with Crippen LogP contribution in [-0.4, -0.2) is 21.5 Å². The van der Waals surface area contributed by atoms with Crippen LogP contribution in [0.3, 0.4) is 0 Å². The average molecular weight is 360 g/mol. The lowest BCUT2D eigenvalue weighted by molar-refractivity contribution is 0.412. The van der Waals surface area contributed by atoms with Crippen molar-refractivity contribution in [3.8, 4) is 34.3 Å². The summed E-state index contributed by atoms with van der Waals surface area (Å²) >= 11 is 1.57. The maximum Gasteiger partial charge on any atom is 0.194 e. The number of hydrogen-bond donors (Lipinski definition) is 0. The van der Waals surface area contributed by atoms with Crippen molar-refractivity contribution in [3.63, 3.8) is 0 Å². The monoisotopic (exact) mass is 360 g/mol. The Morgan fingerprint density at radius 2 is 2.15 bits per heavy atom. The number of pyridine rings is 1. The molecule has 4 rings (SSSR count). The third-order valence-electron chi connectivity index (χ3n) is 4.33. The molecule has 0 aliphatic heterocycles. The van der Waals surface area contributed by atoms with Crippen LogP contribution in [0.2, 0.25) is 0 Å². The second kappa shape index (κ2) is 6.62. The molecule has 0 N–H and O–H groups in total. The number of aryl methyl sites for hydroxylation is 1. The van der Waals surface area contributed by atoms with Gasteiger partial charge in [-0.15, -0.1) is 11.3 Å². The van der Waals surface area contributed by atoms with Gasteiger partial charge in [-0.2, -0.15) is 5.26 Å². The minimum absolute atomic E-state index is 0.283.